The van der Waals surface area contributed by atoms with Crippen LogP contribution in [0.4, 0.5) is 5.82 Å². The Labute approximate surface area is 160 Å². The van der Waals surface area contributed by atoms with Crippen molar-refractivity contribution in [2.24, 2.45) is 5.92 Å². The van der Waals surface area contributed by atoms with E-state index in [9.17, 15) is 4.79 Å². The van der Waals surface area contributed by atoms with Gasteiger partial charge in [0.15, 0.2) is 5.82 Å². The highest BCUT2D eigenvalue weighted by atomic mass is 32.1. The van der Waals surface area contributed by atoms with E-state index < -0.39 is 0 Å². The molecule has 0 spiro atoms. The molecule has 1 fully saturated rings. The lowest BCUT2D eigenvalue weighted by atomic mass is 10.0. The fourth-order valence-electron chi connectivity index (χ4n) is 3.19. The number of carbonyl (C=O) groups excluding carboxylic acids is 1. The third kappa shape index (κ3) is 3.92. The van der Waals surface area contributed by atoms with Gasteiger partial charge in [-0.2, -0.15) is 0 Å². The molecule has 4 rings (SSSR count). The molecule has 1 aliphatic rings. The van der Waals surface area contributed by atoms with Crippen molar-refractivity contribution >= 4 is 40.6 Å². The Hall–Kier alpha value is -2.94. The molecule has 142 valence electrons. The Morgan fingerprint density at radius 1 is 1.44 bits per heavy atom. The molecular weight excluding hydrogens is 366 g/mol. The van der Waals surface area contributed by atoms with Crippen molar-refractivity contribution in [1.29, 1.82) is 0 Å². The Bertz CT molecular complexity index is 922. The van der Waals surface area contributed by atoms with Crippen LogP contribution in [0.25, 0.3) is 21.6 Å². The number of nitrogens with one attached hydrogen (secondary N) is 2. The molecule has 1 unspecified atom stereocenters. The van der Waals surface area contributed by atoms with Crippen molar-refractivity contribution in [2.45, 2.75) is 32.7 Å². The van der Waals surface area contributed by atoms with Gasteiger partial charge in [-0.05, 0) is 29.9 Å². The lowest BCUT2D eigenvalue weighted by molar-refractivity contribution is -0.128. The lowest BCUT2D eigenvalue weighted by Crippen LogP contribution is -2.41. The number of aromatic nitrogens is 3. The SMILES string of the molecule is CC(C)C1CCC(=O)N1Nc1ncnc2[nH]c(-c3cccs3)cc12.O=CO. The first-order chi connectivity index (χ1) is 13.0. The monoisotopic (exact) mass is 387 g/mol. The molecule has 0 aliphatic carbocycles. The highest BCUT2D eigenvalue weighted by molar-refractivity contribution is 7.13. The van der Waals surface area contributed by atoms with E-state index in [2.05, 4.69) is 40.3 Å². The van der Waals surface area contributed by atoms with Crippen molar-refractivity contribution < 1.29 is 14.7 Å². The second kappa shape index (κ2) is 8.17. The van der Waals surface area contributed by atoms with Crippen LogP contribution in [0.1, 0.15) is 26.7 Å². The van der Waals surface area contributed by atoms with Gasteiger partial charge in [-0.3, -0.25) is 20.0 Å². The van der Waals surface area contributed by atoms with Gasteiger partial charge < -0.3 is 10.1 Å². The number of aromatic amines is 1. The third-order valence-electron chi connectivity index (χ3n) is 4.46. The van der Waals surface area contributed by atoms with Crippen LogP contribution >= 0.6 is 11.3 Å². The van der Waals surface area contributed by atoms with Crippen LogP contribution in [-0.4, -0.2) is 43.5 Å². The fraction of sp³-hybridized carbons (Fsp3) is 0.333. The molecule has 0 saturated carbocycles. The molecule has 1 atom stereocenters. The molecule has 4 heterocycles. The predicted octanol–water partition coefficient (Wildman–Crippen LogP) is 3.36. The number of hydrogen-bond acceptors (Lipinski definition) is 6. The second-order valence-electron chi connectivity index (χ2n) is 6.48. The average Bonchev–Trinajstić information content (AvgIpc) is 3.35. The van der Waals surface area contributed by atoms with Gasteiger partial charge in [0.25, 0.3) is 6.47 Å². The van der Waals surface area contributed by atoms with E-state index in [0.717, 1.165) is 28.0 Å². The standard InChI is InChI=1S/C17H19N5OS.CH2O2/c1-10(2)13-5-6-15(23)22(13)21-17-11-8-12(14-4-3-7-24-14)20-16(11)18-9-19-17;2-1-3/h3-4,7-10,13H,5-6H2,1-2H3,(H2,18,19,20,21);1H,(H,2,3). The van der Waals surface area contributed by atoms with Crippen LogP contribution < -0.4 is 5.43 Å². The number of anilines is 1. The maximum Gasteiger partial charge on any atom is 0.290 e. The lowest BCUT2D eigenvalue weighted by Gasteiger charge is -2.28. The number of fused-ring (bicyclic) bond motifs is 1. The van der Waals surface area contributed by atoms with Crippen LogP contribution in [0, 0.1) is 5.92 Å². The summed E-state index contributed by atoms with van der Waals surface area (Å²) in [5.41, 5.74) is 5.02. The minimum atomic E-state index is -0.250. The fourth-order valence-corrected chi connectivity index (χ4v) is 3.89. The molecule has 1 amide bonds. The first kappa shape index (κ1) is 18.8. The topological polar surface area (TPSA) is 111 Å². The zero-order chi connectivity index (χ0) is 19.4. The van der Waals surface area contributed by atoms with Crippen molar-refractivity contribution in [1.82, 2.24) is 20.0 Å². The molecule has 3 aromatic heterocycles. The minimum Gasteiger partial charge on any atom is -0.483 e. The summed E-state index contributed by atoms with van der Waals surface area (Å²) in [6.45, 7) is 4.03. The van der Waals surface area contributed by atoms with E-state index in [1.807, 2.05) is 17.5 Å². The van der Waals surface area contributed by atoms with Crippen LogP contribution in [0.15, 0.2) is 29.9 Å². The van der Waals surface area contributed by atoms with Gasteiger partial charge in [-0.1, -0.05) is 19.9 Å². The number of rotatable bonds is 4. The summed E-state index contributed by atoms with van der Waals surface area (Å²) in [6, 6.07) is 6.31. The molecule has 1 saturated heterocycles. The van der Waals surface area contributed by atoms with Crippen molar-refractivity contribution in [2.75, 3.05) is 5.43 Å². The van der Waals surface area contributed by atoms with E-state index in [-0.39, 0.29) is 18.4 Å². The number of nitrogens with zero attached hydrogens (tertiary/aromatic N) is 3. The molecule has 1 aliphatic heterocycles. The van der Waals surface area contributed by atoms with Gasteiger partial charge in [-0.15, -0.1) is 11.3 Å². The van der Waals surface area contributed by atoms with Crippen molar-refractivity contribution in [3.05, 3.63) is 29.9 Å². The molecule has 3 N–H and O–H groups in total. The van der Waals surface area contributed by atoms with Gasteiger partial charge in [0.2, 0.25) is 5.91 Å². The quantitative estimate of drug-likeness (QED) is 0.592. The Kier molecular flexibility index (Phi) is 5.70. The highest BCUT2D eigenvalue weighted by Crippen LogP contribution is 2.31. The van der Waals surface area contributed by atoms with E-state index in [0.29, 0.717) is 18.2 Å². The van der Waals surface area contributed by atoms with E-state index in [4.69, 9.17) is 9.90 Å². The molecule has 9 heteroatoms. The molecule has 0 bridgehead atoms. The molecule has 0 radical (unpaired) electrons. The maximum absolute atomic E-state index is 12.2. The summed E-state index contributed by atoms with van der Waals surface area (Å²) >= 11 is 1.67. The third-order valence-corrected chi connectivity index (χ3v) is 5.37. The smallest absolute Gasteiger partial charge is 0.290 e. The normalized spacial score (nSPS) is 16.5. The van der Waals surface area contributed by atoms with E-state index >= 15 is 0 Å². The molecular formula is C18H21N5O3S. The zero-order valence-electron chi connectivity index (χ0n) is 15.0. The van der Waals surface area contributed by atoms with Gasteiger partial charge in [0, 0.05) is 6.42 Å². The Morgan fingerprint density at radius 2 is 2.22 bits per heavy atom. The summed E-state index contributed by atoms with van der Waals surface area (Å²) in [5.74, 6) is 1.18. The first-order valence-electron chi connectivity index (χ1n) is 8.59. The van der Waals surface area contributed by atoms with Gasteiger partial charge in [-0.25, -0.2) is 9.97 Å². The summed E-state index contributed by atoms with van der Waals surface area (Å²) in [4.78, 5) is 33.7. The number of H-pyrrole nitrogens is 1. The molecule has 0 aromatic carbocycles. The minimum absolute atomic E-state index is 0.120. The van der Waals surface area contributed by atoms with Crippen LogP contribution in [0.2, 0.25) is 0 Å². The zero-order valence-corrected chi connectivity index (χ0v) is 15.9. The summed E-state index contributed by atoms with van der Waals surface area (Å²) < 4.78 is 0. The van der Waals surface area contributed by atoms with E-state index in [1.165, 1.54) is 6.33 Å². The maximum atomic E-state index is 12.2. The summed E-state index contributed by atoms with van der Waals surface area (Å²) in [6.07, 6.45) is 2.98. The largest absolute Gasteiger partial charge is 0.483 e. The van der Waals surface area contributed by atoms with Crippen molar-refractivity contribution in [3.63, 3.8) is 0 Å². The van der Waals surface area contributed by atoms with Crippen molar-refractivity contribution in [3.8, 4) is 10.6 Å². The number of hydrazine groups is 1. The number of carbonyl (C=O) groups is 2. The number of hydrogen-bond donors (Lipinski definition) is 3. The number of amides is 1. The molecule has 3 aromatic rings. The molecule has 8 nitrogen and oxygen atoms in total. The second-order valence-corrected chi connectivity index (χ2v) is 7.42. The predicted molar refractivity (Wildman–Crippen MR) is 104 cm³/mol. The highest BCUT2D eigenvalue weighted by Gasteiger charge is 2.33. The Balaban J connectivity index is 0.000000659. The van der Waals surface area contributed by atoms with Crippen LogP contribution in [0.5, 0.6) is 0 Å². The summed E-state index contributed by atoms with van der Waals surface area (Å²) in [7, 11) is 0. The van der Waals surface area contributed by atoms with Gasteiger partial charge >= 0.3 is 0 Å². The number of thiophene rings is 1. The van der Waals surface area contributed by atoms with Crippen LogP contribution in [-0.2, 0) is 9.59 Å². The van der Waals surface area contributed by atoms with Gasteiger partial charge in [0.05, 0.1) is 22.0 Å². The number of carboxylic acid groups (broad SMARTS) is 1. The Morgan fingerprint density at radius 3 is 2.89 bits per heavy atom. The average molecular weight is 387 g/mol. The first-order valence-corrected chi connectivity index (χ1v) is 9.47. The van der Waals surface area contributed by atoms with Gasteiger partial charge in [0.1, 0.15) is 12.0 Å². The molecule has 27 heavy (non-hydrogen) atoms. The summed E-state index contributed by atoms with van der Waals surface area (Å²) in [5, 5.41) is 11.6. The van der Waals surface area contributed by atoms with Crippen LogP contribution in [0.3, 0.4) is 0 Å². The van der Waals surface area contributed by atoms with E-state index in [1.54, 1.807) is 16.3 Å².